The predicted molar refractivity (Wildman–Crippen MR) is 130 cm³/mol. The molecule has 1 aliphatic heterocycles. The molecule has 1 heterocycles. The Kier molecular flexibility index (Phi) is 4.37. The maximum atomic E-state index is 13.0. The monoisotopic (exact) mass is 454 g/mol. The number of ketones is 2. The molecule has 6 unspecified atom stereocenters. The van der Waals surface area contributed by atoms with Gasteiger partial charge in [0.05, 0.1) is 12.7 Å². The van der Waals surface area contributed by atoms with Crippen LogP contribution in [0.25, 0.3) is 0 Å². The maximum Gasteiger partial charge on any atom is 0.204 e. The van der Waals surface area contributed by atoms with Gasteiger partial charge in [-0.1, -0.05) is 48.5 Å². The van der Waals surface area contributed by atoms with Crippen LogP contribution < -0.4 is 0 Å². The third kappa shape index (κ3) is 2.47. The first-order valence-electron chi connectivity index (χ1n) is 13.9. The number of ether oxygens (including phenoxy) is 1. The summed E-state index contributed by atoms with van der Waals surface area (Å²) in [7, 11) is 0. The molecule has 0 radical (unpaired) electrons. The average Bonchev–Trinajstić information content (AvgIpc) is 3.06. The molecule has 184 valence electrons. The normalized spacial score (nSPS) is 56.4. The summed E-state index contributed by atoms with van der Waals surface area (Å²) in [5.41, 5.74) is 0.674. The first kappa shape index (κ1) is 22.7. The Bertz CT molecular complexity index is 918. The van der Waals surface area contributed by atoms with Gasteiger partial charge < -0.3 is 4.74 Å². The second-order valence-electron chi connectivity index (χ2n) is 15.4. The summed E-state index contributed by atoms with van der Waals surface area (Å²) in [6, 6.07) is 0. The summed E-state index contributed by atoms with van der Waals surface area (Å²) in [6.45, 7) is 17.7. The molecule has 0 aromatic carbocycles. The van der Waals surface area contributed by atoms with Crippen LogP contribution in [-0.2, 0) is 14.3 Å². The van der Waals surface area contributed by atoms with Gasteiger partial charge in [0, 0.05) is 11.8 Å². The van der Waals surface area contributed by atoms with Crippen molar-refractivity contribution in [3.8, 4) is 0 Å². The third-order valence-electron chi connectivity index (χ3n) is 13.7. The van der Waals surface area contributed by atoms with Gasteiger partial charge >= 0.3 is 0 Å². The van der Waals surface area contributed by atoms with E-state index in [1.165, 1.54) is 44.9 Å². The smallest absolute Gasteiger partial charge is 0.204 e. The summed E-state index contributed by atoms with van der Waals surface area (Å²) in [6.07, 6.45) is 11.0. The number of fused-ring (bicyclic) bond motifs is 5. The maximum absolute atomic E-state index is 13.0. The standard InChI is InChI=1S/C30H46O3/c1-25(2)12-14-30-15-13-28(6)18(22(30)24(25)33-17-30)8-9-21-27(5)16-19(31)23(32)26(3,4)20(27)10-11-29(21,28)7/h18,20-22,24H,8-17H2,1-7H3/t18?,20?,21?,22?,24?,27-,28+,29+,30?/m0/s1. The minimum absolute atomic E-state index is 0.0497. The van der Waals surface area contributed by atoms with E-state index in [9.17, 15) is 9.59 Å². The molecule has 5 aliphatic carbocycles. The van der Waals surface area contributed by atoms with Crippen LogP contribution in [0.15, 0.2) is 0 Å². The number of hydrogen-bond acceptors (Lipinski definition) is 3. The van der Waals surface area contributed by atoms with Gasteiger partial charge in [-0.2, -0.15) is 0 Å². The Hall–Kier alpha value is -0.700. The zero-order valence-corrected chi connectivity index (χ0v) is 22.2. The lowest BCUT2D eigenvalue weighted by atomic mass is 9.31. The lowest BCUT2D eigenvalue weighted by Gasteiger charge is -2.72. The van der Waals surface area contributed by atoms with Crippen LogP contribution in [0.5, 0.6) is 0 Å². The van der Waals surface area contributed by atoms with E-state index in [0.717, 1.165) is 18.9 Å². The lowest BCUT2D eigenvalue weighted by molar-refractivity contribution is -0.238. The molecule has 33 heavy (non-hydrogen) atoms. The van der Waals surface area contributed by atoms with Gasteiger partial charge in [0.25, 0.3) is 0 Å². The van der Waals surface area contributed by atoms with Crippen molar-refractivity contribution in [2.75, 3.05) is 6.61 Å². The van der Waals surface area contributed by atoms with Crippen molar-refractivity contribution in [1.29, 1.82) is 0 Å². The molecule has 6 rings (SSSR count). The Morgan fingerprint density at radius 2 is 1.45 bits per heavy atom. The van der Waals surface area contributed by atoms with E-state index in [4.69, 9.17) is 4.74 Å². The van der Waals surface area contributed by atoms with Crippen LogP contribution in [-0.4, -0.2) is 24.3 Å². The van der Waals surface area contributed by atoms with Crippen LogP contribution >= 0.6 is 0 Å². The lowest BCUT2D eigenvalue weighted by Crippen LogP contribution is -2.68. The molecule has 0 spiro atoms. The van der Waals surface area contributed by atoms with Crippen molar-refractivity contribution in [1.82, 2.24) is 0 Å². The fraction of sp³-hybridized carbons (Fsp3) is 0.933. The van der Waals surface area contributed by atoms with E-state index >= 15 is 0 Å². The number of carbonyl (C=O) groups excluding carboxylic acids is 2. The molecular weight excluding hydrogens is 408 g/mol. The third-order valence-corrected chi connectivity index (χ3v) is 13.7. The van der Waals surface area contributed by atoms with Gasteiger partial charge in [0.15, 0.2) is 5.78 Å². The van der Waals surface area contributed by atoms with Gasteiger partial charge in [0.1, 0.15) is 0 Å². The molecule has 1 saturated heterocycles. The molecule has 5 saturated carbocycles. The first-order chi connectivity index (χ1) is 15.2. The topological polar surface area (TPSA) is 43.4 Å². The highest BCUT2D eigenvalue weighted by Gasteiger charge is 2.73. The molecule has 0 amide bonds. The Balaban J connectivity index is 1.41. The second kappa shape index (κ2) is 6.34. The Morgan fingerprint density at radius 3 is 2.18 bits per heavy atom. The number of carbonyl (C=O) groups is 2. The second-order valence-corrected chi connectivity index (χ2v) is 15.4. The molecule has 3 nitrogen and oxygen atoms in total. The first-order valence-corrected chi connectivity index (χ1v) is 13.9. The molecular formula is C30H46O3. The van der Waals surface area contributed by atoms with Crippen LogP contribution in [0.1, 0.15) is 106 Å². The summed E-state index contributed by atoms with van der Waals surface area (Å²) < 4.78 is 6.67. The predicted octanol–water partition coefficient (Wildman–Crippen LogP) is 6.62. The summed E-state index contributed by atoms with van der Waals surface area (Å²) in [5.74, 6) is 2.09. The fourth-order valence-corrected chi connectivity index (χ4v) is 11.7. The number of rotatable bonds is 0. The van der Waals surface area contributed by atoms with Crippen LogP contribution in [0, 0.1) is 56.2 Å². The van der Waals surface area contributed by atoms with Crippen molar-refractivity contribution in [3.63, 3.8) is 0 Å². The van der Waals surface area contributed by atoms with Crippen molar-refractivity contribution in [2.24, 2.45) is 56.2 Å². The van der Waals surface area contributed by atoms with E-state index in [-0.39, 0.29) is 27.8 Å². The van der Waals surface area contributed by atoms with Gasteiger partial charge in [-0.3, -0.25) is 9.59 Å². The highest BCUT2D eigenvalue weighted by molar-refractivity contribution is 6.39. The van der Waals surface area contributed by atoms with Crippen LogP contribution in [0.3, 0.4) is 0 Å². The molecule has 3 heteroatoms. The van der Waals surface area contributed by atoms with Crippen LogP contribution in [0.4, 0.5) is 0 Å². The van der Waals surface area contributed by atoms with Gasteiger partial charge in [-0.15, -0.1) is 0 Å². The van der Waals surface area contributed by atoms with Crippen molar-refractivity contribution in [3.05, 3.63) is 0 Å². The van der Waals surface area contributed by atoms with E-state index in [2.05, 4.69) is 48.5 Å². The van der Waals surface area contributed by atoms with Crippen molar-refractivity contribution >= 4 is 11.6 Å². The summed E-state index contributed by atoms with van der Waals surface area (Å²) in [5, 5.41) is 0. The molecule has 6 aliphatic rings. The SMILES string of the molecule is CC1(C)CCC23CC[C@]4(C)C(CCC5[C@@]6(C)CC(=O)C(=O)C(C)(C)C6CC[C@]54C)C2C1OC3. The Labute approximate surface area is 201 Å². The van der Waals surface area contributed by atoms with Crippen LogP contribution in [0.2, 0.25) is 0 Å². The van der Waals surface area contributed by atoms with Crippen molar-refractivity contribution < 1.29 is 14.3 Å². The zero-order chi connectivity index (χ0) is 23.8. The average molecular weight is 455 g/mol. The quantitative estimate of drug-likeness (QED) is 0.386. The van der Waals surface area contributed by atoms with E-state index in [1.807, 2.05) is 0 Å². The molecule has 2 bridgehead atoms. The summed E-state index contributed by atoms with van der Waals surface area (Å²) in [4.78, 5) is 25.9. The highest BCUT2D eigenvalue weighted by Crippen LogP contribution is 2.77. The van der Waals surface area contributed by atoms with Gasteiger partial charge in [0.2, 0.25) is 5.78 Å². The minimum atomic E-state index is -0.514. The molecule has 0 N–H and O–H groups in total. The summed E-state index contributed by atoms with van der Waals surface area (Å²) >= 11 is 0. The molecule has 0 aromatic rings. The van der Waals surface area contributed by atoms with E-state index < -0.39 is 5.41 Å². The van der Waals surface area contributed by atoms with Gasteiger partial charge in [-0.25, -0.2) is 0 Å². The molecule has 0 aromatic heterocycles. The largest absolute Gasteiger partial charge is 0.377 e. The molecule has 9 atom stereocenters. The van der Waals surface area contributed by atoms with E-state index in [0.29, 0.717) is 41.1 Å². The minimum Gasteiger partial charge on any atom is -0.377 e. The number of hydrogen-bond donors (Lipinski definition) is 0. The Morgan fingerprint density at radius 1 is 0.758 bits per heavy atom. The zero-order valence-electron chi connectivity index (χ0n) is 22.2. The van der Waals surface area contributed by atoms with E-state index in [1.54, 1.807) is 0 Å². The number of Topliss-reactive ketones (excluding diaryl/α,β-unsaturated/α-hetero) is 2. The van der Waals surface area contributed by atoms with Gasteiger partial charge in [-0.05, 0) is 102 Å². The molecule has 6 fully saturated rings. The van der Waals surface area contributed by atoms with Crippen molar-refractivity contribution in [2.45, 2.75) is 112 Å². The fourth-order valence-electron chi connectivity index (χ4n) is 11.7. The highest BCUT2D eigenvalue weighted by atomic mass is 16.5.